The Labute approximate surface area is 130 Å². The van der Waals surface area contributed by atoms with E-state index >= 15 is 0 Å². The van der Waals surface area contributed by atoms with Gasteiger partial charge in [0.25, 0.3) is 0 Å². The fourth-order valence-corrected chi connectivity index (χ4v) is 2.10. The van der Waals surface area contributed by atoms with Gasteiger partial charge in [0.15, 0.2) is 11.6 Å². The zero-order valence-electron chi connectivity index (χ0n) is 11.2. The van der Waals surface area contributed by atoms with E-state index < -0.39 is 5.82 Å². The number of nitrogen functional groups attached to an aromatic ring is 1. The molecule has 3 rings (SSSR count). The Morgan fingerprint density at radius 2 is 2.10 bits per heavy atom. The number of nitrogens with two attached hydrogens (primary N) is 1. The fourth-order valence-electron chi connectivity index (χ4n) is 1.76. The van der Waals surface area contributed by atoms with Crippen molar-refractivity contribution < 1.29 is 13.9 Å². The maximum Gasteiger partial charge on any atom is 0.240 e. The molecule has 110 valence electrons. The Hall–Kier alpha value is -1.82. The van der Waals surface area contributed by atoms with E-state index in [0.29, 0.717) is 24.1 Å². The van der Waals surface area contributed by atoms with E-state index in [2.05, 4.69) is 20.9 Å². The zero-order chi connectivity index (χ0) is 14.8. The van der Waals surface area contributed by atoms with Crippen LogP contribution in [0.25, 0.3) is 0 Å². The summed E-state index contributed by atoms with van der Waals surface area (Å²) in [6.07, 6.45) is 2.36. The monoisotopic (exact) mass is 352 g/mol. The van der Waals surface area contributed by atoms with Crippen LogP contribution in [-0.4, -0.2) is 11.6 Å². The van der Waals surface area contributed by atoms with Crippen LogP contribution < -0.4 is 15.2 Å². The van der Waals surface area contributed by atoms with Gasteiger partial charge in [-0.3, -0.25) is 0 Å². The molecule has 2 aromatic rings. The van der Waals surface area contributed by atoms with Gasteiger partial charge in [-0.15, -0.1) is 0 Å². The normalized spacial score (nSPS) is 14.0. The number of benzene rings is 1. The molecule has 0 amide bonds. The first-order chi connectivity index (χ1) is 10.1. The maximum atomic E-state index is 13.7. The highest BCUT2D eigenvalue weighted by Crippen LogP contribution is 2.32. The molecule has 4 nitrogen and oxygen atoms in total. The molecule has 21 heavy (non-hydrogen) atoms. The molecule has 0 spiro atoms. The van der Waals surface area contributed by atoms with Crippen LogP contribution in [-0.2, 0) is 0 Å². The molecular weight excluding hydrogens is 339 g/mol. The van der Waals surface area contributed by atoms with Crippen LogP contribution in [0.4, 0.5) is 10.1 Å². The Kier molecular flexibility index (Phi) is 3.96. The van der Waals surface area contributed by atoms with Crippen LogP contribution in [0, 0.1) is 11.7 Å². The van der Waals surface area contributed by atoms with Gasteiger partial charge in [-0.05, 0) is 43.0 Å². The van der Waals surface area contributed by atoms with Gasteiger partial charge in [0.1, 0.15) is 0 Å². The number of nitrogens with zero attached hydrogens (tertiary/aromatic N) is 1. The number of hydrogen-bond acceptors (Lipinski definition) is 4. The second-order valence-electron chi connectivity index (χ2n) is 4.98. The number of halogens is 2. The molecule has 0 atom stereocenters. The van der Waals surface area contributed by atoms with Crippen molar-refractivity contribution in [1.29, 1.82) is 0 Å². The lowest BCUT2D eigenvalue weighted by molar-refractivity contribution is 0.286. The van der Waals surface area contributed by atoms with Gasteiger partial charge >= 0.3 is 0 Å². The SMILES string of the molecule is Nc1ccc(Oc2cc(Br)ccc2F)nc1OCC1CC1. The molecule has 1 aromatic heterocycles. The number of pyridine rings is 1. The molecule has 1 fully saturated rings. The summed E-state index contributed by atoms with van der Waals surface area (Å²) in [7, 11) is 0. The molecule has 0 bridgehead atoms. The second-order valence-corrected chi connectivity index (χ2v) is 5.89. The van der Waals surface area contributed by atoms with E-state index in [1.807, 2.05) is 0 Å². The van der Waals surface area contributed by atoms with E-state index in [1.165, 1.54) is 25.0 Å². The standard InChI is InChI=1S/C15H14BrFN2O2/c16-10-3-4-11(17)13(7-10)21-14-6-5-12(18)15(19-14)20-8-9-1-2-9/h3-7,9H,1-2,8,18H2. The number of ether oxygens (including phenoxy) is 2. The van der Waals surface area contributed by atoms with Crippen molar-refractivity contribution in [3.63, 3.8) is 0 Å². The van der Waals surface area contributed by atoms with Crippen LogP contribution in [0.1, 0.15) is 12.8 Å². The largest absolute Gasteiger partial charge is 0.476 e. The summed E-state index contributed by atoms with van der Waals surface area (Å²) < 4.78 is 25.4. The third-order valence-corrected chi connectivity index (χ3v) is 3.62. The van der Waals surface area contributed by atoms with Crippen LogP contribution >= 0.6 is 15.9 Å². The summed E-state index contributed by atoms with van der Waals surface area (Å²) in [5.74, 6) is 0.798. The Balaban J connectivity index is 1.78. The van der Waals surface area contributed by atoms with Crippen LogP contribution in [0.3, 0.4) is 0 Å². The first-order valence-electron chi connectivity index (χ1n) is 6.64. The average molecular weight is 353 g/mol. The molecule has 0 aliphatic heterocycles. The summed E-state index contributed by atoms with van der Waals surface area (Å²) in [4.78, 5) is 4.19. The fraction of sp³-hybridized carbons (Fsp3) is 0.267. The molecule has 0 radical (unpaired) electrons. The van der Waals surface area contributed by atoms with Crippen molar-refractivity contribution in [2.24, 2.45) is 5.92 Å². The first-order valence-corrected chi connectivity index (χ1v) is 7.43. The molecule has 0 unspecified atom stereocenters. The molecule has 0 saturated heterocycles. The van der Waals surface area contributed by atoms with E-state index in [-0.39, 0.29) is 11.6 Å². The van der Waals surface area contributed by atoms with Gasteiger partial charge < -0.3 is 15.2 Å². The molecule has 2 N–H and O–H groups in total. The second kappa shape index (κ2) is 5.89. The van der Waals surface area contributed by atoms with Crippen LogP contribution in [0.5, 0.6) is 17.5 Å². The summed E-state index contributed by atoms with van der Waals surface area (Å²) >= 11 is 3.27. The predicted molar refractivity (Wildman–Crippen MR) is 81.0 cm³/mol. The number of rotatable bonds is 5. The van der Waals surface area contributed by atoms with E-state index in [1.54, 1.807) is 18.2 Å². The lowest BCUT2D eigenvalue weighted by Gasteiger charge is -2.10. The van der Waals surface area contributed by atoms with Gasteiger partial charge in [0.2, 0.25) is 11.8 Å². The highest BCUT2D eigenvalue weighted by atomic mass is 79.9. The van der Waals surface area contributed by atoms with E-state index in [4.69, 9.17) is 15.2 Å². The molecule has 1 aliphatic carbocycles. The minimum absolute atomic E-state index is 0.0924. The smallest absolute Gasteiger partial charge is 0.240 e. The lowest BCUT2D eigenvalue weighted by atomic mass is 10.3. The van der Waals surface area contributed by atoms with Crippen molar-refractivity contribution in [1.82, 2.24) is 4.98 Å². The Morgan fingerprint density at radius 1 is 1.29 bits per heavy atom. The average Bonchev–Trinajstić information content (AvgIpc) is 3.27. The van der Waals surface area contributed by atoms with Gasteiger partial charge in [0, 0.05) is 10.5 Å². The highest BCUT2D eigenvalue weighted by Gasteiger charge is 2.22. The number of aromatic nitrogens is 1. The third-order valence-electron chi connectivity index (χ3n) is 3.12. The van der Waals surface area contributed by atoms with Crippen molar-refractivity contribution in [3.8, 4) is 17.5 Å². The summed E-state index contributed by atoms with van der Waals surface area (Å²) in [6.45, 7) is 0.603. The summed E-state index contributed by atoms with van der Waals surface area (Å²) in [5, 5.41) is 0. The van der Waals surface area contributed by atoms with E-state index in [0.717, 1.165) is 4.47 Å². The minimum Gasteiger partial charge on any atom is -0.476 e. The highest BCUT2D eigenvalue weighted by molar-refractivity contribution is 9.10. The molecule has 1 aromatic carbocycles. The Morgan fingerprint density at radius 3 is 2.86 bits per heavy atom. The quantitative estimate of drug-likeness (QED) is 0.878. The van der Waals surface area contributed by atoms with Crippen molar-refractivity contribution >= 4 is 21.6 Å². The van der Waals surface area contributed by atoms with Gasteiger partial charge in [-0.1, -0.05) is 15.9 Å². The third kappa shape index (κ3) is 3.64. The Bertz CT molecular complexity index is 662. The summed E-state index contributed by atoms with van der Waals surface area (Å²) in [6, 6.07) is 7.68. The molecule has 1 heterocycles. The molecule has 1 saturated carbocycles. The maximum absolute atomic E-state index is 13.7. The minimum atomic E-state index is -0.461. The van der Waals surface area contributed by atoms with Gasteiger partial charge in [0.05, 0.1) is 12.3 Å². The molecule has 6 heteroatoms. The van der Waals surface area contributed by atoms with E-state index in [9.17, 15) is 4.39 Å². The topological polar surface area (TPSA) is 57.4 Å². The zero-order valence-corrected chi connectivity index (χ0v) is 12.8. The van der Waals surface area contributed by atoms with Crippen molar-refractivity contribution in [2.75, 3.05) is 12.3 Å². The lowest BCUT2D eigenvalue weighted by Crippen LogP contribution is -2.04. The van der Waals surface area contributed by atoms with Crippen LogP contribution in [0.15, 0.2) is 34.8 Å². The molecule has 1 aliphatic rings. The number of anilines is 1. The summed E-state index contributed by atoms with van der Waals surface area (Å²) in [5.41, 5.74) is 6.26. The first kappa shape index (κ1) is 14.1. The number of hydrogen-bond donors (Lipinski definition) is 1. The van der Waals surface area contributed by atoms with Crippen molar-refractivity contribution in [2.45, 2.75) is 12.8 Å². The predicted octanol–water partition coefficient (Wildman–Crippen LogP) is 4.15. The molecular formula is C15H14BrFN2O2. The van der Waals surface area contributed by atoms with Crippen molar-refractivity contribution in [3.05, 3.63) is 40.6 Å². The van der Waals surface area contributed by atoms with Gasteiger partial charge in [-0.25, -0.2) is 4.39 Å². The van der Waals surface area contributed by atoms with Gasteiger partial charge in [-0.2, -0.15) is 4.98 Å². The van der Waals surface area contributed by atoms with Crippen LogP contribution in [0.2, 0.25) is 0 Å².